The molecule has 1 heterocycles. The molecule has 0 spiro atoms. The van der Waals surface area contributed by atoms with Crippen molar-refractivity contribution in [3.8, 4) is 0 Å². The average Bonchev–Trinajstić information content (AvgIpc) is 3.15. The predicted octanol–water partition coefficient (Wildman–Crippen LogP) is 4.30. The molecule has 0 aliphatic heterocycles. The highest BCUT2D eigenvalue weighted by atomic mass is 16.2. The molecule has 144 valence electrons. The third kappa shape index (κ3) is 4.16. The maximum atomic E-state index is 12.5. The van der Waals surface area contributed by atoms with Crippen LogP contribution in [-0.4, -0.2) is 22.8 Å². The Labute approximate surface area is 165 Å². The van der Waals surface area contributed by atoms with Crippen molar-refractivity contribution in [3.63, 3.8) is 0 Å². The van der Waals surface area contributed by atoms with E-state index >= 15 is 0 Å². The van der Waals surface area contributed by atoms with Crippen molar-refractivity contribution < 1.29 is 9.59 Å². The summed E-state index contributed by atoms with van der Waals surface area (Å²) in [6.07, 6.45) is 7.15. The Balaban J connectivity index is 1.24. The summed E-state index contributed by atoms with van der Waals surface area (Å²) in [5.41, 5.74) is 4.59. The van der Waals surface area contributed by atoms with Gasteiger partial charge in [0.15, 0.2) is 5.78 Å². The van der Waals surface area contributed by atoms with Gasteiger partial charge < -0.3 is 9.88 Å². The summed E-state index contributed by atoms with van der Waals surface area (Å²) < 4.78 is 2.13. The van der Waals surface area contributed by atoms with Crippen LogP contribution < -0.4 is 5.32 Å². The van der Waals surface area contributed by atoms with Gasteiger partial charge in [0, 0.05) is 43.2 Å². The largest absolute Gasteiger partial charge is 0.354 e. The molecule has 1 aliphatic carbocycles. The van der Waals surface area contributed by atoms with Crippen LogP contribution in [0.2, 0.25) is 0 Å². The maximum Gasteiger partial charge on any atom is 0.220 e. The number of benzene rings is 2. The zero-order valence-electron chi connectivity index (χ0n) is 16.1. The normalized spacial score (nSPS) is 13.3. The minimum atomic E-state index is -0.0669. The first-order valence-corrected chi connectivity index (χ1v) is 10.2. The van der Waals surface area contributed by atoms with Crippen molar-refractivity contribution in [3.05, 3.63) is 71.4 Å². The second kappa shape index (κ2) is 8.42. The highest BCUT2D eigenvalue weighted by Crippen LogP contribution is 2.23. The number of aryl methyl sites for hydroxylation is 2. The number of para-hydroxylation sites is 1. The number of aromatic nitrogens is 1. The van der Waals surface area contributed by atoms with Gasteiger partial charge in [-0.15, -0.1) is 0 Å². The van der Waals surface area contributed by atoms with Crippen LogP contribution in [0, 0.1) is 0 Å². The fourth-order valence-corrected chi connectivity index (χ4v) is 4.02. The summed E-state index contributed by atoms with van der Waals surface area (Å²) in [6.45, 7) is 1.28. The van der Waals surface area contributed by atoms with Gasteiger partial charge in [0.1, 0.15) is 0 Å². The van der Waals surface area contributed by atoms with Gasteiger partial charge >= 0.3 is 0 Å². The average molecular weight is 374 g/mol. The van der Waals surface area contributed by atoms with E-state index in [4.69, 9.17) is 0 Å². The Hall–Kier alpha value is -2.88. The molecule has 0 radical (unpaired) electrons. The first-order chi connectivity index (χ1) is 13.7. The van der Waals surface area contributed by atoms with E-state index in [-0.39, 0.29) is 24.5 Å². The molecule has 3 aromatic rings. The summed E-state index contributed by atoms with van der Waals surface area (Å²) in [6, 6.07) is 16.3. The fourth-order valence-electron chi connectivity index (χ4n) is 4.02. The molecule has 1 amide bonds. The van der Waals surface area contributed by atoms with Gasteiger partial charge in [-0.1, -0.05) is 30.3 Å². The maximum absolute atomic E-state index is 12.5. The number of rotatable bonds is 7. The monoisotopic (exact) mass is 374 g/mol. The molecular formula is C24H26N2O2. The van der Waals surface area contributed by atoms with Crippen LogP contribution in [0.1, 0.15) is 47.2 Å². The number of nitrogens with zero attached hydrogens (tertiary/aromatic N) is 1. The summed E-state index contributed by atoms with van der Waals surface area (Å²) in [5, 5.41) is 4.13. The molecule has 4 rings (SSSR count). The molecular weight excluding hydrogens is 348 g/mol. The van der Waals surface area contributed by atoms with E-state index in [1.807, 2.05) is 30.5 Å². The van der Waals surface area contributed by atoms with E-state index in [1.165, 1.54) is 34.9 Å². The Morgan fingerprint density at radius 1 is 0.929 bits per heavy atom. The molecule has 0 bridgehead atoms. The van der Waals surface area contributed by atoms with Crippen molar-refractivity contribution in [2.75, 3.05) is 6.54 Å². The second-order valence-corrected chi connectivity index (χ2v) is 7.53. The lowest BCUT2D eigenvalue weighted by molar-refractivity contribution is -0.121. The van der Waals surface area contributed by atoms with Crippen LogP contribution in [0.25, 0.3) is 10.9 Å². The third-order valence-electron chi connectivity index (χ3n) is 5.60. The number of nitrogens with one attached hydrogen (secondary N) is 1. The lowest BCUT2D eigenvalue weighted by atomic mass is 9.89. The molecule has 28 heavy (non-hydrogen) atoms. The third-order valence-corrected chi connectivity index (χ3v) is 5.60. The summed E-state index contributed by atoms with van der Waals surface area (Å²) in [4.78, 5) is 24.6. The topological polar surface area (TPSA) is 51.1 Å². The number of hydrogen-bond donors (Lipinski definition) is 1. The van der Waals surface area contributed by atoms with E-state index in [2.05, 4.69) is 34.1 Å². The van der Waals surface area contributed by atoms with Crippen LogP contribution >= 0.6 is 0 Å². The van der Waals surface area contributed by atoms with Crippen molar-refractivity contribution in [2.45, 2.75) is 45.1 Å². The zero-order chi connectivity index (χ0) is 19.3. The Kier molecular flexibility index (Phi) is 5.56. The fraction of sp³-hybridized carbons (Fsp3) is 0.333. The van der Waals surface area contributed by atoms with Crippen LogP contribution in [0.4, 0.5) is 0 Å². The van der Waals surface area contributed by atoms with Gasteiger partial charge in [-0.25, -0.2) is 0 Å². The molecule has 1 aromatic heterocycles. The number of carbonyl (C=O) groups excluding carboxylic acids is 2. The highest BCUT2D eigenvalue weighted by Gasteiger charge is 2.14. The molecule has 4 nitrogen and oxygen atoms in total. The van der Waals surface area contributed by atoms with Crippen LogP contribution in [0.15, 0.2) is 54.7 Å². The summed E-state index contributed by atoms with van der Waals surface area (Å²) in [7, 11) is 0. The molecule has 0 saturated carbocycles. The van der Waals surface area contributed by atoms with E-state index in [1.54, 1.807) is 0 Å². The van der Waals surface area contributed by atoms with Gasteiger partial charge in [0.25, 0.3) is 0 Å². The van der Waals surface area contributed by atoms with Crippen LogP contribution in [0.5, 0.6) is 0 Å². The van der Waals surface area contributed by atoms with Gasteiger partial charge in [-0.05, 0) is 60.4 Å². The molecule has 1 aliphatic rings. The minimum Gasteiger partial charge on any atom is -0.354 e. The van der Waals surface area contributed by atoms with Crippen molar-refractivity contribution in [2.24, 2.45) is 0 Å². The Bertz CT molecular complexity index is 1000. The number of fused-ring (bicyclic) bond motifs is 2. The number of hydrogen-bond acceptors (Lipinski definition) is 2. The van der Waals surface area contributed by atoms with Gasteiger partial charge in [0.05, 0.1) is 0 Å². The number of ketones is 1. The molecule has 0 unspecified atom stereocenters. The highest BCUT2D eigenvalue weighted by molar-refractivity contribution is 5.98. The minimum absolute atomic E-state index is 0.0555. The van der Waals surface area contributed by atoms with E-state index in [0.717, 1.165) is 24.9 Å². The molecule has 0 saturated heterocycles. The summed E-state index contributed by atoms with van der Waals surface area (Å²) >= 11 is 0. The number of Topliss-reactive ketones (excluding diaryl/α,β-unsaturated/α-hetero) is 1. The van der Waals surface area contributed by atoms with Crippen molar-refractivity contribution >= 4 is 22.6 Å². The lowest BCUT2D eigenvalue weighted by Crippen LogP contribution is -2.27. The molecule has 2 aromatic carbocycles. The van der Waals surface area contributed by atoms with Gasteiger partial charge in [0.2, 0.25) is 5.91 Å². The zero-order valence-corrected chi connectivity index (χ0v) is 16.1. The first kappa shape index (κ1) is 18.5. The smallest absolute Gasteiger partial charge is 0.220 e. The molecule has 0 atom stereocenters. The quantitative estimate of drug-likeness (QED) is 0.627. The summed E-state index contributed by atoms with van der Waals surface area (Å²) in [5.74, 6) is -0.0114. The van der Waals surface area contributed by atoms with E-state index in [9.17, 15) is 9.59 Å². The van der Waals surface area contributed by atoms with Gasteiger partial charge in [-0.3, -0.25) is 9.59 Å². The van der Waals surface area contributed by atoms with E-state index < -0.39 is 0 Å². The first-order valence-electron chi connectivity index (χ1n) is 10.2. The van der Waals surface area contributed by atoms with Gasteiger partial charge in [-0.2, -0.15) is 0 Å². The lowest BCUT2D eigenvalue weighted by Gasteiger charge is -2.16. The second-order valence-electron chi connectivity index (χ2n) is 7.53. The standard InChI is InChI=1S/C24H26N2O2/c27-23(21-10-9-18-5-1-2-7-20(18)17-21)11-12-24(28)25-14-16-26-15-13-19-6-3-4-8-22(19)26/h3-4,6,8-10,13,15,17H,1-2,5,7,11-12,14,16H2,(H,25,28). The van der Waals surface area contributed by atoms with Crippen LogP contribution in [-0.2, 0) is 24.2 Å². The molecule has 4 heteroatoms. The molecule has 1 N–H and O–H groups in total. The van der Waals surface area contributed by atoms with Crippen molar-refractivity contribution in [1.82, 2.24) is 9.88 Å². The Morgan fingerprint density at radius 2 is 1.75 bits per heavy atom. The van der Waals surface area contributed by atoms with E-state index in [0.29, 0.717) is 6.54 Å². The predicted molar refractivity (Wildman–Crippen MR) is 112 cm³/mol. The number of amides is 1. The van der Waals surface area contributed by atoms with Crippen molar-refractivity contribution in [1.29, 1.82) is 0 Å². The molecule has 0 fully saturated rings. The number of carbonyl (C=O) groups is 2. The Morgan fingerprint density at radius 3 is 2.64 bits per heavy atom. The van der Waals surface area contributed by atoms with Crippen LogP contribution in [0.3, 0.4) is 0 Å². The SMILES string of the molecule is O=C(CCC(=O)c1ccc2c(c1)CCCC2)NCCn1ccc2ccccc21.